The second-order valence-corrected chi connectivity index (χ2v) is 4.74. The zero-order valence-corrected chi connectivity index (χ0v) is 11.2. The first-order chi connectivity index (χ1) is 8.66. The van der Waals surface area contributed by atoms with Crippen molar-refractivity contribution in [2.45, 2.75) is 39.4 Å². The highest BCUT2D eigenvalue weighted by Crippen LogP contribution is 2.09. The summed E-state index contributed by atoms with van der Waals surface area (Å²) in [6.45, 7) is 7.13. The van der Waals surface area contributed by atoms with Crippen molar-refractivity contribution in [1.29, 1.82) is 0 Å². The van der Waals surface area contributed by atoms with Gasteiger partial charge in [0.15, 0.2) is 0 Å². The van der Waals surface area contributed by atoms with Gasteiger partial charge in [0.05, 0.1) is 11.4 Å². The molecule has 0 radical (unpaired) electrons. The van der Waals surface area contributed by atoms with Crippen LogP contribution >= 0.6 is 0 Å². The predicted molar refractivity (Wildman–Crippen MR) is 72.1 cm³/mol. The average molecular weight is 244 g/mol. The van der Waals surface area contributed by atoms with Crippen LogP contribution in [-0.2, 0) is 6.54 Å². The van der Waals surface area contributed by atoms with Gasteiger partial charge in [-0.2, -0.15) is 5.10 Å². The summed E-state index contributed by atoms with van der Waals surface area (Å²) in [4.78, 5) is 4.34. The van der Waals surface area contributed by atoms with Crippen LogP contribution in [0.15, 0.2) is 36.7 Å². The molecule has 0 spiro atoms. The number of nitrogens with zero attached hydrogens (tertiary/aromatic N) is 3. The molecule has 2 heterocycles. The Morgan fingerprint density at radius 2 is 2.06 bits per heavy atom. The van der Waals surface area contributed by atoms with E-state index in [1.54, 1.807) is 0 Å². The van der Waals surface area contributed by atoms with Gasteiger partial charge in [-0.05, 0) is 39.0 Å². The number of aromatic nitrogens is 3. The maximum absolute atomic E-state index is 4.51. The molecule has 2 rings (SSSR count). The van der Waals surface area contributed by atoms with Crippen molar-refractivity contribution in [1.82, 2.24) is 20.1 Å². The van der Waals surface area contributed by atoms with Crippen LogP contribution in [0.2, 0.25) is 0 Å². The normalized spacial score (nSPS) is 12.9. The lowest BCUT2D eigenvalue weighted by atomic mass is 10.2. The van der Waals surface area contributed by atoms with Crippen molar-refractivity contribution >= 4 is 0 Å². The third kappa shape index (κ3) is 3.17. The van der Waals surface area contributed by atoms with E-state index < -0.39 is 0 Å². The van der Waals surface area contributed by atoms with Crippen molar-refractivity contribution < 1.29 is 0 Å². The lowest BCUT2D eigenvalue weighted by Crippen LogP contribution is -2.19. The molecule has 0 saturated heterocycles. The topological polar surface area (TPSA) is 42.7 Å². The highest BCUT2D eigenvalue weighted by Gasteiger charge is 2.07. The molecule has 1 N–H and O–H groups in total. The minimum Gasteiger partial charge on any atom is -0.303 e. The smallest absolute Gasteiger partial charge is 0.0762 e. The Balaban J connectivity index is 1.91. The molecule has 2 aromatic rings. The Morgan fingerprint density at radius 1 is 1.22 bits per heavy atom. The minimum absolute atomic E-state index is 0.232. The minimum atomic E-state index is 0.232. The van der Waals surface area contributed by atoms with E-state index in [4.69, 9.17) is 0 Å². The molecule has 2 aromatic heterocycles. The summed E-state index contributed by atoms with van der Waals surface area (Å²) in [5.74, 6) is 0. The first-order valence-electron chi connectivity index (χ1n) is 6.35. The molecule has 1 atom stereocenters. The predicted octanol–water partition coefficient (Wildman–Crippen LogP) is 2.71. The first-order valence-corrected chi connectivity index (χ1v) is 6.35. The molecule has 96 valence electrons. The van der Waals surface area contributed by atoms with Gasteiger partial charge < -0.3 is 5.32 Å². The molecule has 4 nitrogen and oxygen atoms in total. The van der Waals surface area contributed by atoms with Gasteiger partial charge in [0, 0.05) is 31.0 Å². The van der Waals surface area contributed by atoms with Crippen molar-refractivity contribution in [2.24, 2.45) is 0 Å². The summed E-state index contributed by atoms with van der Waals surface area (Å²) in [6.07, 6.45) is 3.84. The van der Waals surface area contributed by atoms with E-state index in [0.29, 0.717) is 6.04 Å². The van der Waals surface area contributed by atoms with Crippen molar-refractivity contribution in [3.63, 3.8) is 0 Å². The van der Waals surface area contributed by atoms with Crippen molar-refractivity contribution in [2.75, 3.05) is 0 Å². The Morgan fingerprint density at radius 3 is 2.67 bits per heavy atom. The molecule has 0 aliphatic carbocycles. The molecule has 0 saturated carbocycles. The largest absolute Gasteiger partial charge is 0.303 e. The Labute approximate surface area is 108 Å². The number of nitrogens with one attached hydrogen (secondary N) is 1. The molecule has 0 aromatic carbocycles. The lowest BCUT2D eigenvalue weighted by molar-refractivity contribution is 0.509. The molecular formula is C14H20N4. The van der Waals surface area contributed by atoms with Gasteiger partial charge in [0.1, 0.15) is 0 Å². The van der Waals surface area contributed by atoms with Gasteiger partial charge in [-0.1, -0.05) is 6.07 Å². The first kappa shape index (κ1) is 12.8. The Hall–Kier alpha value is -1.68. The zero-order valence-electron chi connectivity index (χ0n) is 11.2. The van der Waals surface area contributed by atoms with Crippen LogP contribution in [0.1, 0.15) is 44.2 Å². The summed E-state index contributed by atoms with van der Waals surface area (Å²) in [6, 6.07) is 8.67. The molecule has 0 amide bonds. The number of hydrogen-bond donors (Lipinski definition) is 1. The maximum Gasteiger partial charge on any atom is 0.0762 e. The number of pyridine rings is 1. The van der Waals surface area contributed by atoms with E-state index in [1.165, 1.54) is 0 Å². The zero-order chi connectivity index (χ0) is 13.0. The van der Waals surface area contributed by atoms with Gasteiger partial charge in [-0.15, -0.1) is 0 Å². The molecule has 0 fully saturated rings. The van der Waals surface area contributed by atoms with Crippen LogP contribution in [-0.4, -0.2) is 14.8 Å². The van der Waals surface area contributed by atoms with Crippen LogP contribution in [0.25, 0.3) is 0 Å². The van der Waals surface area contributed by atoms with Crippen LogP contribution < -0.4 is 5.32 Å². The molecule has 4 heteroatoms. The van der Waals surface area contributed by atoms with Crippen molar-refractivity contribution in [3.8, 4) is 0 Å². The van der Waals surface area contributed by atoms with E-state index in [9.17, 15) is 0 Å². The van der Waals surface area contributed by atoms with Gasteiger partial charge in [-0.25, -0.2) is 0 Å². The highest BCUT2D eigenvalue weighted by molar-refractivity contribution is 5.08. The monoisotopic (exact) mass is 244 g/mol. The van der Waals surface area contributed by atoms with Crippen LogP contribution in [0, 0.1) is 0 Å². The highest BCUT2D eigenvalue weighted by atomic mass is 15.3. The van der Waals surface area contributed by atoms with Gasteiger partial charge in [-0.3, -0.25) is 9.67 Å². The van der Waals surface area contributed by atoms with E-state index in [2.05, 4.69) is 42.2 Å². The third-order valence-corrected chi connectivity index (χ3v) is 2.91. The van der Waals surface area contributed by atoms with Crippen LogP contribution in [0.4, 0.5) is 0 Å². The number of rotatable bonds is 5. The van der Waals surface area contributed by atoms with E-state index in [0.717, 1.165) is 17.9 Å². The Bertz CT molecular complexity index is 476. The number of hydrogen-bond acceptors (Lipinski definition) is 3. The molecular weight excluding hydrogens is 224 g/mol. The summed E-state index contributed by atoms with van der Waals surface area (Å²) >= 11 is 0. The summed E-state index contributed by atoms with van der Waals surface area (Å²) in [5.41, 5.74) is 2.12. The molecule has 0 bridgehead atoms. The third-order valence-electron chi connectivity index (χ3n) is 2.91. The SMILES string of the molecule is CC(C)n1ccc(CN[C@H](C)c2ccccn2)n1. The van der Waals surface area contributed by atoms with Gasteiger partial charge in [0.25, 0.3) is 0 Å². The van der Waals surface area contributed by atoms with Crippen LogP contribution in [0.3, 0.4) is 0 Å². The van der Waals surface area contributed by atoms with E-state index in [1.807, 2.05) is 35.3 Å². The van der Waals surface area contributed by atoms with Gasteiger partial charge in [0.2, 0.25) is 0 Å². The van der Waals surface area contributed by atoms with E-state index in [-0.39, 0.29) is 6.04 Å². The summed E-state index contributed by atoms with van der Waals surface area (Å²) < 4.78 is 1.97. The molecule has 0 aliphatic heterocycles. The fourth-order valence-electron chi connectivity index (χ4n) is 1.75. The standard InChI is InChI=1S/C14H20N4/c1-11(2)18-9-7-13(17-18)10-16-12(3)14-6-4-5-8-15-14/h4-9,11-12,16H,10H2,1-3H3/t12-/m1/s1. The average Bonchev–Trinajstić information content (AvgIpc) is 2.86. The van der Waals surface area contributed by atoms with Crippen molar-refractivity contribution in [3.05, 3.63) is 48.0 Å². The van der Waals surface area contributed by atoms with E-state index >= 15 is 0 Å². The summed E-state index contributed by atoms with van der Waals surface area (Å²) in [5, 5.41) is 7.94. The quantitative estimate of drug-likeness (QED) is 0.879. The molecule has 0 unspecified atom stereocenters. The second-order valence-electron chi connectivity index (χ2n) is 4.74. The molecule has 0 aliphatic rings. The fourth-order valence-corrected chi connectivity index (χ4v) is 1.75. The summed E-state index contributed by atoms with van der Waals surface area (Å²) in [7, 11) is 0. The molecule has 18 heavy (non-hydrogen) atoms. The fraction of sp³-hybridized carbons (Fsp3) is 0.429. The Kier molecular flexibility index (Phi) is 4.10. The lowest BCUT2D eigenvalue weighted by Gasteiger charge is -2.12. The second kappa shape index (κ2) is 5.78. The van der Waals surface area contributed by atoms with Gasteiger partial charge >= 0.3 is 0 Å². The van der Waals surface area contributed by atoms with Crippen LogP contribution in [0.5, 0.6) is 0 Å². The maximum atomic E-state index is 4.51.